The highest BCUT2D eigenvalue weighted by Crippen LogP contribution is 2.37. The van der Waals surface area contributed by atoms with E-state index < -0.39 is 0 Å². The number of carbonyl (C=O) groups is 1. The van der Waals surface area contributed by atoms with Crippen molar-refractivity contribution in [3.8, 4) is 0 Å². The van der Waals surface area contributed by atoms with Gasteiger partial charge in [0.2, 0.25) is 11.9 Å². The van der Waals surface area contributed by atoms with Crippen LogP contribution in [0.15, 0.2) is 36.5 Å². The molecule has 0 spiro atoms. The van der Waals surface area contributed by atoms with Crippen molar-refractivity contribution in [2.75, 3.05) is 54.7 Å². The lowest BCUT2D eigenvalue weighted by Gasteiger charge is -2.38. The molecule has 0 atom stereocenters. The number of hydrogen-bond acceptors (Lipinski definition) is 7. The first kappa shape index (κ1) is 20.2. The summed E-state index contributed by atoms with van der Waals surface area (Å²) in [5, 5.41) is 4.34. The summed E-state index contributed by atoms with van der Waals surface area (Å²) in [4.78, 5) is 26.6. The SMILES string of the molecule is CN1C(=O)CCN(C2CCCC2)c2nc(N(c3ccccc3)N3CCOCC3)ncc21. The minimum atomic E-state index is 0.117. The number of benzene rings is 1. The lowest BCUT2D eigenvalue weighted by Crippen LogP contribution is -2.47. The third-order valence-electron chi connectivity index (χ3n) is 6.54. The molecule has 3 heterocycles. The molecule has 8 nitrogen and oxygen atoms in total. The van der Waals surface area contributed by atoms with Crippen LogP contribution in [0, 0.1) is 0 Å². The van der Waals surface area contributed by atoms with Gasteiger partial charge in [-0.3, -0.25) is 4.79 Å². The summed E-state index contributed by atoms with van der Waals surface area (Å²) in [6.45, 7) is 3.62. The first-order chi connectivity index (χ1) is 15.2. The number of fused-ring (bicyclic) bond motifs is 1. The Morgan fingerprint density at radius 1 is 1.06 bits per heavy atom. The summed E-state index contributed by atoms with van der Waals surface area (Å²) < 4.78 is 5.58. The molecule has 0 unspecified atom stereocenters. The van der Waals surface area contributed by atoms with Crippen molar-refractivity contribution in [2.24, 2.45) is 0 Å². The highest BCUT2D eigenvalue weighted by molar-refractivity contribution is 5.97. The van der Waals surface area contributed by atoms with Gasteiger partial charge in [0, 0.05) is 39.1 Å². The van der Waals surface area contributed by atoms with E-state index in [1.54, 1.807) is 4.90 Å². The Balaban J connectivity index is 1.59. The Hall–Kier alpha value is -2.71. The van der Waals surface area contributed by atoms with Crippen molar-refractivity contribution in [1.29, 1.82) is 0 Å². The van der Waals surface area contributed by atoms with Gasteiger partial charge in [-0.2, -0.15) is 4.98 Å². The Bertz CT molecular complexity index is 912. The van der Waals surface area contributed by atoms with Crippen LogP contribution in [0.4, 0.5) is 23.1 Å². The topological polar surface area (TPSA) is 65.0 Å². The maximum atomic E-state index is 12.6. The minimum Gasteiger partial charge on any atom is -0.379 e. The van der Waals surface area contributed by atoms with Gasteiger partial charge >= 0.3 is 0 Å². The number of hydrogen-bond donors (Lipinski definition) is 0. The number of amides is 1. The summed E-state index contributed by atoms with van der Waals surface area (Å²) in [5.74, 6) is 1.63. The van der Waals surface area contributed by atoms with Gasteiger partial charge in [0.05, 0.1) is 25.1 Å². The molecular weight excluding hydrogens is 392 g/mol. The molecule has 2 aromatic rings. The number of para-hydroxylation sites is 1. The summed E-state index contributed by atoms with van der Waals surface area (Å²) in [7, 11) is 1.83. The first-order valence-corrected chi connectivity index (χ1v) is 11.3. The lowest BCUT2D eigenvalue weighted by atomic mass is 10.2. The molecule has 8 heteroatoms. The fourth-order valence-electron chi connectivity index (χ4n) is 4.83. The van der Waals surface area contributed by atoms with E-state index in [1.807, 2.05) is 31.4 Å². The van der Waals surface area contributed by atoms with Crippen molar-refractivity contribution < 1.29 is 9.53 Å². The van der Waals surface area contributed by atoms with Gasteiger partial charge < -0.3 is 14.5 Å². The zero-order valence-corrected chi connectivity index (χ0v) is 18.1. The van der Waals surface area contributed by atoms with Crippen molar-refractivity contribution in [1.82, 2.24) is 15.0 Å². The standard InChI is InChI=1S/C23H30N6O2/c1-26-20-17-24-23(25-22(20)28(12-11-21(26)30)18-7-5-6-8-18)29(19-9-3-2-4-10-19)27-13-15-31-16-14-27/h2-4,9-10,17-18H,5-8,11-16H2,1H3. The Morgan fingerprint density at radius 3 is 2.55 bits per heavy atom. The van der Waals surface area contributed by atoms with Gasteiger partial charge in [0.15, 0.2) is 5.82 Å². The Kier molecular flexibility index (Phi) is 5.74. The fraction of sp³-hybridized carbons (Fsp3) is 0.522. The van der Waals surface area contributed by atoms with E-state index in [2.05, 4.69) is 27.1 Å². The third-order valence-corrected chi connectivity index (χ3v) is 6.54. The van der Waals surface area contributed by atoms with E-state index in [4.69, 9.17) is 14.7 Å². The number of morpholine rings is 1. The molecule has 3 aliphatic rings. The molecule has 1 saturated heterocycles. The van der Waals surface area contributed by atoms with E-state index in [0.29, 0.717) is 38.2 Å². The normalized spacial score (nSPS) is 20.6. The average Bonchev–Trinajstić information content (AvgIpc) is 3.31. The molecule has 31 heavy (non-hydrogen) atoms. The predicted molar refractivity (Wildman–Crippen MR) is 121 cm³/mol. The maximum absolute atomic E-state index is 12.6. The molecule has 0 radical (unpaired) electrons. The van der Waals surface area contributed by atoms with E-state index in [0.717, 1.165) is 43.1 Å². The van der Waals surface area contributed by atoms with Gasteiger partial charge in [-0.15, -0.1) is 0 Å². The zero-order valence-electron chi connectivity index (χ0n) is 18.1. The maximum Gasteiger partial charge on any atom is 0.247 e. The van der Waals surface area contributed by atoms with Crippen LogP contribution in [-0.4, -0.2) is 66.8 Å². The number of hydrazine groups is 1. The summed E-state index contributed by atoms with van der Waals surface area (Å²) in [6, 6.07) is 10.7. The van der Waals surface area contributed by atoms with Crippen LogP contribution in [0.2, 0.25) is 0 Å². The number of anilines is 4. The molecule has 1 amide bonds. The third kappa shape index (κ3) is 3.97. The number of aromatic nitrogens is 2. The predicted octanol–water partition coefficient (Wildman–Crippen LogP) is 2.98. The number of ether oxygens (including phenoxy) is 1. The summed E-state index contributed by atoms with van der Waals surface area (Å²) in [5.41, 5.74) is 1.82. The van der Waals surface area contributed by atoms with Crippen LogP contribution in [0.5, 0.6) is 0 Å². The van der Waals surface area contributed by atoms with Crippen LogP contribution in [0.3, 0.4) is 0 Å². The molecule has 2 aliphatic heterocycles. The van der Waals surface area contributed by atoms with Crippen LogP contribution < -0.4 is 14.8 Å². The van der Waals surface area contributed by atoms with Crippen molar-refractivity contribution in [3.05, 3.63) is 36.5 Å². The zero-order chi connectivity index (χ0) is 21.2. The number of nitrogens with zero attached hydrogens (tertiary/aromatic N) is 6. The molecule has 1 aromatic heterocycles. The van der Waals surface area contributed by atoms with E-state index in [1.165, 1.54) is 12.8 Å². The van der Waals surface area contributed by atoms with E-state index >= 15 is 0 Å². The highest BCUT2D eigenvalue weighted by Gasteiger charge is 2.33. The Morgan fingerprint density at radius 2 is 1.81 bits per heavy atom. The van der Waals surface area contributed by atoms with Crippen LogP contribution in [0.1, 0.15) is 32.1 Å². The number of carbonyl (C=O) groups excluding carboxylic acids is 1. The van der Waals surface area contributed by atoms with Crippen LogP contribution in [-0.2, 0) is 9.53 Å². The molecule has 1 aromatic carbocycles. The second kappa shape index (κ2) is 8.80. The fourth-order valence-corrected chi connectivity index (χ4v) is 4.83. The summed E-state index contributed by atoms with van der Waals surface area (Å²) in [6.07, 6.45) is 7.11. The Labute approximate surface area is 183 Å². The van der Waals surface area contributed by atoms with Gasteiger partial charge in [-0.25, -0.2) is 15.0 Å². The minimum absolute atomic E-state index is 0.117. The number of rotatable bonds is 4. The molecule has 1 aliphatic carbocycles. The van der Waals surface area contributed by atoms with E-state index in [9.17, 15) is 4.79 Å². The molecule has 0 bridgehead atoms. The smallest absolute Gasteiger partial charge is 0.247 e. The molecule has 5 rings (SSSR count). The largest absolute Gasteiger partial charge is 0.379 e. The second-order valence-electron chi connectivity index (χ2n) is 8.43. The monoisotopic (exact) mass is 422 g/mol. The van der Waals surface area contributed by atoms with Gasteiger partial charge in [-0.05, 0) is 25.0 Å². The van der Waals surface area contributed by atoms with Gasteiger partial charge in [-0.1, -0.05) is 31.0 Å². The van der Waals surface area contributed by atoms with Crippen molar-refractivity contribution in [3.63, 3.8) is 0 Å². The van der Waals surface area contributed by atoms with E-state index in [-0.39, 0.29) is 5.91 Å². The van der Waals surface area contributed by atoms with Gasteiger partial charge in [0.25, 0.3) is 0 Å². The van der Waals surface area contributed by atoms with Crippen molar-refractivity contribution >= 4 is 29.0 Å². The molecular formula is C23H30N6O2. The van der Waals surface area contributed by atoms with Crippen LogP contribution >= 0.6 is 0 Å². The van der Waals surface area contributed by atoms with Crippen LogP contribution in [0.25, 0.3) is 0 Å². The molecule has 0 N–H and O–H groups in total. The molecule has 2 fully saturated rings. The second-order valence-corrected chi connectivity index (χ2v) is 8.43. The highest BCUT2D eigenvalue weighted by atomic mass is 16.5. The summed E-state index contributed by atoms with van der Waals surface area (Å²) >= 11 is 0. The molecule has 164 valence electrons. The first-order valence-electron chi connectivity index (χ1n) is 11.3. The average molecular weight is 423 g/mol. The lowest BCUT2D eigenvalue weighted by molar-refractivity contribution is -0.118. The quantitative estimate of drug-likeness (QED) is 0.750. The molecule has 1 saturated carbocycles. The van der Waals surface area contributed by atoms with Gasteiger partial charge in [0.1, 0.15) is 5.69 Å². The van der Waals surface area contributed by atoms with Crippen molar-refractivity contribution in [2.45, 2.75) is 38.1 Å².